The maximum Gasteiger partial charge on any atom is 0.350 e. The molecular weight excluding hydrogens is 316 g/mol. The molecule has 0 aliphatic rings. The van der Waals surface area contributed by atoms with Gasteiger partial charge in [-0.1, -0.05) is 40.0 Å². The maximum atomic E-state index is 12.9. The lowest BCUT2D eigenvalue weighted by Crippen LogP contribution is -2.46. The number of unbranched alkanes of at least 4 members (excludes halogenated alkanes) is 3. The molecule has 0 fully saturated rings. The number of carbonyl (C=O) groups excluding carboxylic acids is 2. The highest BCUT2D eigenvalue weighted by atomic mass is 16.6. The SMILES string of the molecule is CCCCOC(=O)C(CCCC)(CCCC)Oc1ccc(C=O)cc1. The molecular formula is C21H32O4. The minimum atomic E-state index is -0.942. The number of rotatable bonds is 13. The number of hydrogen-bond acceptors (Lipinski definition) is 4. The third-order valence-electron chi connectivity index (χ3n) is 4.30. The van der Waals surface area contributed by atoms with Crippen LogP contribution in [0.25, 0.3) is 0 Å². The summed E-state index contributed by atoms with van der Waals surface area (Å²) in [4.78, 5) is 23.7. The Morgan fingerprint density at radius 1 is 0.960 bits per heavy atom. The molecule has 1 aromatic rings. The van der Waals surface area contributed by atoms with Crippen LogP contribution >= 0.6 is 0 Å². The molecule has 0 spiro atoms. The van der Waals surface area contributed by atoms with Crippen LogP contribution in [0.1, 0.15) is 82.5 Å². The predicted molar refractivity (Wildman–Crippen MR) is 100 cm³/mol. The molecule has 1 rings (SSSR count). The van der Waals surface area contributed by atoms with Crippen LogP contribution < -0.4 is 4.74 Å². The van der Waals surface area contributed by atoms with Crippen molar-refractivity contribution in [1.29, 1.82) is 0 Å². The molecule has 0 heterocycles. The van der Waals surface area contributed by atoms with Gasteiger partial charge in [-0.25, -0.2) is 4.79 Å². The van der Waals surface area contributed by atoms with Crippen molar-refractivity contribution in [2.45, 2.75) is 77.7 Å². The molecule has 0 aliphatic carbocycles. The number of benzene rings is 1. The van der Waals surface area contributed by atoms with Gasteiger partial charge in [0.1, 0.15) is 12.0 Å². The van der Waals surface area contributed by atoms with Gasteiger partial charge in [-0.2, -0.15) is 0 Å². The van der Waals surface area contributed by atoms with E-state index in [4.69, 9.17) is 9.47 Å². The molecule has 0 amide bonds. The van der Waals surface area contributed by atoms with Gasteiger partial charge in [0, 0.05) is 5.56 Å². The van der Waals surface area contributed by atoms with E-state index in [0.29, 0.717) is 30.8 Å². The number of carbonyl (C=O) groups is 2. The molecule has 25 heavy (non-hydrogen) atoms. The van der Waals surface area contributed by atoms with Crippen LogP contribution in [0.4, 0.5) is 0 Å². The van der Waals surface area contributed by atoms with Gasteiger partial charge in [0.2, 0.25) is 5.60 Å². The normalized spacial score (nSPS) is 11.2. The smallest absolute Gasteiger partial charge is 0.350 e. The molecule has 4 heteroatoms. The highest BCUT2D eigenvalue weighted by molar-refractivity contribution is 5.80. The van der Waals surface area contributed by atoms with Gasteiger partial charge < -0.3 is 9.47 Å². The molecule has 140 valence electrons. The van der Waals surface area contributed by atoms with E-state index in [-0.39, 0.29) is 5.97 Å². The average Bonchev–Trinajstić information content (AvgIpc) is 2.64. The summed E-state index contributed by atoms with van der Waals surface area (Å²) in [6.07, 6.45) is 7.71. The van der Waals surface area contributed by atoms with Crippen molar-refractivity contribution in [2.24, 2.45) is 0 Å². The topological polar surface area (TPSA) is 52.6 Å². The van der Waals surface area contributed by atoms with Crippen LogP contribution in [0.5, 0.6) is 5.75 Å². The Labute approximate surface area is 151 Å². The Kier molecular flexibility index (Phi) is 9.90. The first-order chi connectivity index (χ1) is 12.1. The molecule has 0 N–H and O–H groups in total. The van der Waals surface area contributed by atoms with E-state index in [9.17, 15) is 9.59 Å². The lowest BCUT2D eigenvalue weighted by Gasteiger charge is -2.32. The van der Waals surface area contributed by atoms with E-state index >= 15 is 0 Å². The molecule has 0 atom stereocenters. The zero-order chi connectivity index (χ0) is 18.5. The van der Waals surface area contributed by atoms with Crippen molar-refractivity contribution in [3.63, 3.8) is 0 Å². The van der Waals surface area contributed by atoms with Crippen LogP contribution in [-0.4, -0.2) is 24.5 Å². The van der Waals surface area contributed by atoms with Gasteiger partial charge in [-0.3, -0.25) is 4.79 Å². The summed E-state index contributed by atoms with van der Waals surface area (Å²) in [7, 11) is 0. The summed E-state index contributed by atoms with van der Waals surface area (Å²) in [5.41, 5.74) is -0.353. The minimum absolute atomic E-state index is 0.262. The lowest BCUT2D eigenvalue weighted by molar-refractivity contribution is -0.164. The van der Waals surface area contributed by atoms with E-state index in [0.717, 1.165) is 44.8 Å². The number of esters is 1. The largest absolute Gasteiger partial charge is 0.476 e. The summed E-state index contributed by atoms with van der Waals surface area (Å²) in [6, 6.07) is 6.90. The van der Waals surface area contributed by atoms with E-state index in [1.807, 2.05) is 0 Å². The van der Waals surface area contributed by atoms with Crippen molar-refractivity contribution in [2.75, 3.05) is 6.61 Å². The molecule has 0 bridgehead atoms. The Hall–Kier alpha value is -1.84. The van der Waals surface area contributed by atoms with Crippen molar-refractivity contribution in [3.8, 4) is 5.75 Å². The number of hydrogen-bond donors (Lipinski definition) is 0. The molecule has 0 unspecified atom stereocenters. The Bertz CT molecular complexity index is 499. The van der Waals surface area contributed by atoms with Crippen LogP contribution in [0, 0.1) is 0 Å². The highest BCUT2D eigenvalue weighted by Gasteiger charge is 2.41. The summed E-state index contributed by atoms with van der Waals surface area (Å²) >= 11 is 0. The lowest BCUT2D eigenvalue weighted by atomic mass is 9.90. The van der Waals surface area contributed by atoms with E-state index < -0.39 is 5.60 Å². The van der Waals surface area contributed by atoms with E-state index in [1.165, 1.54) is 0 Å². The highest BCUT2D eigenvalue weighted by Crippen LogP contribution is 2.30. The van der Waals surface area contributed by atoms with Crippen molar-refractivity contribution < 1.29 is 19.1 Å². The fraction of sp³-hybridized carbons (Fsp3) is 0.619. The summed E-state index contributed by atoms with van der Waals surface area (Å²) in [5.74, 6) is 0.340. The van der Waals surface area contributed by atoms with Crippen LogP contribution in [0.3, 0.4) is 0 Å². The molecule has 1 aromatic carbocycles. The molecule has 0 aliphatic heterocycles. The van der Waals surface area contributed by atoms with Gasteiger partial charge >= 0.3 is 5.97 Å². The fourth-order valence-corrected chi connectivity index (χ4v) is 2.68. The summed E-state index contributed by atoms with van der Waals surface area (Å²) < 4.78 is 11.7. The second-order valence-electron chi connectivity index (χ2n) is 6.48. The second-order valence-corrected chi connectivity index (χ2v) is 6.48. The molecule has 0 saturated carbocycles. The Morgan fingerprint density at radius 2 is 1.52 bits per heavy atom. The van der Waals surface area contributed by atoms with Gasteiger partial charge in [0.05, 0.1) is 6.61 Å². The molecule has 0 radical (unpaired) electrons. The fourth-order valence-electron chi connectivity index (χ4n) is 2.68. The Balaban J connectivity index is 3.01. The van der Waals surface area contributed by atoms with Crippen LogP contribution in [0.2, 0.25) is 0 Å². The Morgan fingerprint density at radius 3 is 2.00 bits per heavy atom. The van der Waals surface area contributed by atoms with Crippen molar-refractivity contribution in [3.05, 3.63) is 29.8 Å². The van der Waals surface area contributed by atoms with E-state index in [2.05, 4.69) is 20.8 Å². The first-order valence-electron chi connectivity index (χ1n) is 9.53. The van der Waals surface area contributed by atoms with Gasteiger partial charge in [0.15, 0.2) is 0 Å². The van der Waals surface area contributed by atoms with Crippen molar-refractivity contribution in [1.82, 2.24) is 0 Å². The first-order valence-corrected chi connectivity index (χ1v) is 9.53. The van der Waals surface area contributed by atoms with E-state index in [1.54, 1.807) is 24.3 Å². The molecule has 0 aromatic heterocycles. The van der Waals surface area contributed by atoms with Gasteiger partial charge in [0.25, 0.3) is 0 Å². The third kappa shape index (κ3) is 6.89. The first kappa shape index (κ1) is 21.2. The monoisotopic (exact) mass is 348 g/mol. The second kappa shape index (κ2) is 11.7. The summed E-state index contributed by atoms with van der Waals surface area (Å²) in [6.45, 7) is 6.71. The zero-order valence-corrected chi connectivity index (χ0v) is 15.9. The molecule has 4 nitrogen and oxygen atoms in total. The van der Waals surface area contributed by atoms with Crippen molar-refractivity contribution >= 4 is 12.3 Å². The van der Waals surface area contributed by atoms with Gasteiger partial charge in [-0.15, -0.1) is 0 Å². The zero-order valence-electron chi connectivity index (χ0n) is 15.9. The maximum absolute atomic E-state index is 12.9. The summed E-state index contributed by atoms with van der Waals surface area (Å²) in [5, 5.41) is 0. The van der Waals surface area contributed by atoms with Gasteiger partial charge in [-0.05, 0) is 56.4 Å². The third-order valence-corrected chi connectivity index (χ3v) is 4.30. The average molecular weight is 348 g/mol. The standard InChI is InChI=1S/C21H32O4/c1-4-7-14-21(15-8-5-2,20(23)24-16-9-6-3)25-19-12-10-18(17-22)11-13-19/h10-13,17H,4-9,14-16H2,1-3H3. The van der Waals surface area contributed by atoms with Crippen LogP contribution in [0.15, 0.2) is 24.3 Å². The van der Waals surface area contributed by atoms with Crippen LogP contribution in [-0.2, 0) is 9.53 Å². The number of ether oxygens (including phenoxy) is 2. The molecule has 0 saturated heterocycles. The minimum Gasteiger partial charge on any atom is -0.476 e. The quantitative estimate of drug-likeness (QED) is 0.274. The number of aldehydes is 1. The predicted octanol–water partition coefficient (Wildman–Crippen LogP) is 5.34.